The number of carboxylic acids is 1. The first-order chi connectivity index (χ1) is 11.6. The largest absolute Gasteiger partial charge is 0.481 e. The third kappa shape index (κ3) is 9.21. The second kappa shape index (κ2) is 12.4. The number of hydrogen-bond acceptors (Lipinski definition) is 7. The summed E-state index contributed by atoms with van der Waals surface area (Å²) in [6.07, 6.45) is 0.115. The highest BCUT2D eigenvalue weighted by Gasteiger charge is 2.06. The van der Waals surface area contributed by atoms with Crippen LogP contribution in [0.3, 0.4) is 0 Å². The molecule has 0 amide bonds. The smallest absolute Gasteiger partial charge is 0.305 e. The van der Waals surface area contributed by atoms with Gasteiger partial charge in [0.25, 0.3) is 0 Å². The van der Waals surface area contributed by atoms with Gasteiger partial charge in [-0.25, -0.2) is 0 Å². The minimum absolute atomic E-state index is 0.0313. The molecule has 24 heavy (non-hydrogen) atoms. The maximum atomic E-state index is 11.9. The van der Waals surface area contributed by atoms with Gasteiger partial charge in [-0.05, 0) is 24.3 Å². The van der Waals surface area contributed by atoms with Gasteiger partial charge in [-0.1, -0.05) is 0 Å². The Balaban J connectivity index is 2.17. The molecule has 0 aliphatic carbocycles. The molecule has 1 aromatic rings. The fraction of sp³-hybridized carbons (Fsp3) is 0.500. The van der Waals surface area contributed by atoms with Crippen LogP contribution in [0.2, 0.25) is 0 Å². The predicted octanol–water partition coefficient (Wildman–Crippen LogP) is 1.07. The molecule has 0 spiro atoms. The maximum Gasteiger partial charge on any atom is 0.305 e. The molecule has 134 valence electrons. The van der Waals surface area contributed by atoms with Crippen molar-refractivity contribution in [3.8, 4) is 5.75 Å². The van der Waals surface area contributed by atoms with Gasteiger partial charge in [0.05, 0.1) is 32.8 Å². The van der Waals surface area contributed by atoms with Gasteiger partial charge in [0, 0.05) is 12.0 Å². The number of ether oxygens (including phenoxy) is 4. The zero-order valence-corrected chi connectivity index (χ0v) is 13.3. The molecule has 0 aliphatic rings. The van der Waals surface area contributed by atoms with E-state index in [1.54, 1.807) is 24.3 Å². The quantitative estimate of drug-likeness (QED) is 0.293. The molecule has 1 rings (SSSR count). The number of benzene rings is 1. The van der Waals surface area contributed by atoms with Crippen LogP contribution in [0.15, 0.2) is 24.3 Å². The second-order valence-corrected chi connectivity index (χ2v) is 4.67. The molecule has 8 nitrogen and oxygen atoms in total. The third-order valence-electron chi connectivity index (χ3n) is 2.82. The molecule has 1 aromatic carbocycles. The summed E-state index contributed by atoms with van der Waals surface area (Å²) in [7, 11) is 0. The number of hydrogen-bond donors (Lipinski definition) is 2. The third-order valence-corrected chi connectivity index (χ3v) is 2.82. The molecular weight excluding hydrogens is 320 g/mol. The standard InChI is InChI=1S/C16H22O8/c17-7-10-23-12-24-14-3-1-13(2-4-14)15(18)5-8-21-11-22-9-6-16(19)20/h1-4,17H,5-12H2,(H,19,20). The van der Waals surface area contributed by atoms with Crippen LogP contribution in [0.5, 0.6) is 5.75 Å². The lowest BCUT2D eigenvalue weighted by atomic mass is 10.1. The summed E-state index contributed by atoms with van der Waals surface area (Å²) < 4.78 is 20.3. The first-order valence-corrected chi connectivity index (χ1v) is 7.45. The molecule has 0 radical (unpaired) electrons. The van der Waals surface area contributed by atoms with Crippen LogP contribution in [-0.4, -0.2) is 62.0 Å². The van der Waals surface area contributed by atoms with Crippen molar-refractivity contribution in [2.24, 2.45) is 0 Å². The van der Waals surface area contributed by atoms with Crippen molar-refractivity contribution >= 4 is 11.8 Å². The fourth-order valence-electron chi connectivity index (χ4n) is 1.62. The Morgan fingerprint density at radius 1 is 0.875 bits per heavy atom. The van der Waals surface area contributed by atoms with Crippen LogP contribution < -0.4 is 4.74 Å². The summed E-state index contributed by atoms with van der Waals surface area (Å²) in [5, 5.41) is 17.0. The van der Waals surface area contributed by atoms with E-state index in [0.29, 0.717) is 11.3 Å². The van der Waals surface area contributed by atoms with E-state index in [4.69, 9.17) is 29.2 Å². The van der Waals surface area contributed by atoms with Gasteiger partial charge in [-0.2, -0.15) is 0 Å². The van der Waals surface area contributed by atoms with Crippen molar-refractivity contribution < 1.29 is 38.7 Å². The summed E-state index contributed by atoms with van der Waals surface area (Å²) in [4.78, 5) is 22.2. The first-order valence-electron chi connectivity index (χ1n) is 7.45. The molecule has 0 aliphatic heterocycles. The van der Waals surface area contributed by atoms with Crippen LogP contribution in [0.1, 0.15) is 23.2 Å². The second-order valence-electron chi connectivity index (χ2n) is 4.67. The van der Waals surface area contributed by atoms with Crippen molar-refractivity contribution in [2.45, 2.75) is 12.8 Å². The average Bonchev–Trinajstić information content (AvgIpc) is 2.58. The van der Waals surface area contributed by atoms with Crippen molar-refractivity contribution in [1.82, 2.24) is 0 Å². The molecule has 0 bridgehead atoms. The van der Waals surface area contributed by atoms with E-state index in [0.717, 1.165) is 0 Å². The fourth-order valence-corrected chi connectivity index (χ4v) is 1.62. The highest BCUT2D eigenvalue weighted by Crippen LogP contribution is 2.13. The highest BCUT2D eigenvalue weighted by atomic mass is 16.7. The summed E-state index contributed by atoms with van der Waals surface area (Å²) in [5.41, 5.74) is 0.536. The zero-order valence-electron chi connectivity index (χ0n) is 13.3. The van der Waals surface area contributed by atoms with Gasteiger partial charge < -0.3 is 29.2 Å². The molecule has 0 atom stereocenters. The minimum Gasteiger partial charge on any atom is -0.481 e. The van der Waals surface area contributed by atoms with Crippen molar-refractivity contribution in [3.63, 3.8) is 0 Å². The molecule has 0 saturated carbocycles. The molecule has 0 unspecified atom stereocenters. The van der Waals surface area contributed by atoms with Crippen LogP contribution in [0, 0.1) is 0 Å². The van der Waals surface area contributed by atoms with Crippen molar-refractivity contribution in [1.29, 1.82) is 0 Å². The number of ketones is 1. The van der Waals surface area contributed by atoms with E-state index in [1.807, 2.05) is 0 Å². The van der Waals surface area contributed by atoms with Gasteiger partial charge in [0.15, 0.2) is 12.6 Å². The van der Waals surface area contributed by atoms with Gasteiger partial charge in [0.2, 0.25) is 0 Å². The molecule has 2 N–H and O–H groups in total. The van der Waals surface area contributed by atoms with Crippen molar-refractivity contribution in [2.75, 3.05) is 40.0 Å². The number of Topliss-reactive ketones (excluding diaryl/α,β-unsaturated/α-hetero) is 1. The molecule has 0 fully saturated rings. The number of carboxylic acid groups (broad SMARTS) is 1. The maximum absolute atomic E-state index is 11.9. The average molecular weight is 342 g/mol. The van der Waals surface area contributed by atoms with E-state index in [1.165, 1.54) is 0 Å². The van der Waals surface area contributed by atoms with Gasteiger partial charge in [-0.15, -0.1) is 0 Å². The summed E-state index contributed by atoms with van der Waals surface area (Å²) >= 11 is 0. The topological polar surface area (TPSA) is 112 Å². The zero-order chi connectivity index (χ0) is 17.6. The lowest BCUT2D eigenvalue weighted by molar-refractivity contribution is -0.139. The van der Waals surface area contributed by atoms with Gasteiger partial charge in [-0.3, -0.25) is 9.59 Å². The highest BCUT2D eigenvalue weighted by molar-refractivity contribution is 5.96. The Kier molecular flexibility index (Phi) is 10.4. The lowest BCUT2D eigenvalue weighted by Gasteiger charge is -2.07. The Labute approximate surface area is 139 Å². The van der Waals surface area contributed by atoms with E-state index >= 15 is 0 Å². The Morgan fingerprint density at radius 3 is 2.12 bits per heavy atom. The van der Waals surface area contributed by atoms with Gasteiger partial charge in [0.1, 0.15) is 12.5 Å². The minimum atomic E-state index is -0.933. The number of aliphatic hydroxyl groups excluding tert-OH is 1. The monoisotopic (exact) mass is 342 g/mol. The molecule has 0 aromatic heterocycles. The number of aliphatic carboxylic acids is 1. The van der Waals surface area contributed by atoms with Gasteiger partial charge >= 0.3 is 5.97 Å². The Morgan fingerprint density at radius 2 is 1.50 bits per heavy atom. The number of carbonyl (C=O) groups excluding carboxylic acids is 1. The SMILES string of the molecule is O=C(O)CCOCOCCC(=O)c1ccc(OCOCCO)cc1. The Bertz CT molecular complexity index is 485. The van der Waals surface area contributed by atoms with Crippen LogP contribution >= 0.6 is 0 Å². The van der Waals surface area contributed by atoms with E-state index in [-0.39, 0.29) is 58.6 Å². The molecule has 0 heterocycles. The van der Waals surface area contributed by atoms with E-state index in [9.17, 15) is 9.59 Å². The van der Waals surface area contributed by atoms with Crippen LogP contribution in [0.4, 0.5) is 0 Å². The normalized spacial score (nSPS) is 10.5. The van der Waals surface area contributed by atoms with Crippen LogP contribution in [-0.2, 0) is 19.0 Å². The van der Waals surface area contributed by atoms with Crippen molar-refractivity contribution in [3.05, 3.63) is 29.8 Å². The van der Waals surface area contributed by atoms with E-state index < -0.39 is 5.97 Å². The number of aliphatic hydroxyl groups is 1. The Hall–Kier alpha value is -2.00. The molecule has 8 heteroatoms. The summed E-state index contributed by atoms with van der Waals surface area (Å²) in [6, 6.07) is 6.61. The number of carbonyl (C=O) groups is 2. The molecule has 0 saturated heterocycles. The van der Waals surface area contributed by atoms with Crippen LogP contribution in [0.25, 0.3) is 0 Å². The predicted molar refractivity (Wildman–Crippen MR) is 82.9 cm³/mol. The molecular formula is C16H22O8. The van der Waals surface area contributed by atoms with E-state index in [2.05, 4.69) is 0 Å². The first kappa shape index (κ1) is 20.0. The lowest BCUT2D eigenvalue weighted by Crippen LogP contribution is -2.09. The summed E-state index contributed by atoms with van der Waals surface area (Å²) in [5.74, 6) is -0.450. The summed E-state index contributed by atoms with van der Waals surface area (Å²) in [6.45, 7) is 0.400. The number of rotatable bonds is 14.